The van der Waals surface area contributed by atoms with Gasteiger partial charge in [0.15, 0.2) is 6.29 Å². The molecule has 0 aliphatic rings. The molecule has 0 aliphatic carbocycles. The van der Waals surface area contributed by atoms with Gasteiger partial charge in [0.25, 0.3) is 5.69 Å². The number of carbonyl (C=O) groups is 1. The predicted molar refractivity (Wildman–Crippen MR) is 78.2 cm³/mol. The average Bonchev–Trinajstić information content (AvgIpc) is 2.84. The second kappa shape index (κ2) is 4.82. The Labute approximate surface area is 119 Å². The second-order valence-electron chi connectivity index (χ2n) is 4.60. The number of benzene rings is 2. The molecule has 104 valence electrons. The standard InChI is InChI=1S/C15H11N3O3/c1-17-13-8-4-5-10(9-19)14(13)16-15(17)11-6-2-3-7-12(11)18(20)21/h2-9H,1H3. The predicted octanol–water partition coefficient (Wildman–Crippen LogP) is 2.96. The average molecular weight is 281 g/mol. The molecule has 0 bridgehead atoms. The van der Waals surface area contributed by atoms with Crippen LogP contribution in [0.1, 0.15) is 10.4 Å². The molecular weight excluding hydrogens is 270 g/mol. The number of carbonyl (C=O) groups excluding carboxylic acids is 1. The molecule has 0 spiro atoms. The van der Waals surface area contributed by atoms with Crippen molar-refractivity contribution in [3.63, 3.8) is 0 Å². The van der Waals surface area contributed by atoms with Crippen LogP contribution in [0.4, 0.5) is 5.69 Å². The molecule has 0 fully saturated rings. The number of para-hydroxylation sites is 2. The van der Waals surface area contributed by atoms with Crippen LogP contribution in [0.3, 0.4) is 0 Å². The topological polar surface area (TPSA) is 78.0 Å². The van der Waals surface area contributed by atoms with Crippen molar-refractivity contribution in [3.05, 3.63) is 58.1 Å². The number of imidazole rings is 1. The van der Waals surface area contributed by atoms with E-state index in [0.717, 1.165) is 11.8 Å². The Kier molecular flexibility index (Phi) is 2.98. The molecule has 0 saturated carbocycles. The highest BCUT2D eigenvalue weighted by atomic mass is 16.6. The van der Waals surface area contributed by atoms with Crippen LogP contribution < -0.4 is 0 Å². The van der Waals surface area contributed by atoms with E-state index in [0.29, 0.717) is 22.5 Å². The summed E-state index contributed by atoms with van der Waals surface area (Å²) in [5.41, 5.74) is 2.19. The van der Waals surface area contributed by atoms with Gasteiger partial charge in [-0.2, -0.15) is 0 Å². The van der Waals surface area contributed by atoms with Crippen LogP contribution >= 0.6 is 0 Å². The molecule has 3 aromatic rings. The van der Waals surface area contributed by atoms with Crippen molar-refractivity contribution in [2.75, 3.05) is 0 Å². The highest BCUT2D eigenvalue weighted by molar-refractivity contribution is 5.96. The van der Waals surface area contributed by atoms with Crippen LogP contribution in [0.25, 0.3) is 22.4 Å². The molecule has 21 heavy (non-hydrogen) atoms. The minimum atomic E-state index is -0.435. The van der Waals surface area contributed by atoms with Crippen molar-refractivity contribution in [1.29, 1.82) is 0 Å². The molecule has 0 aliphatic heterocycles. The highest BCUT2D eigenvalue weighted by Gasteiger charge is 2.20. The first-order valence-electron chi connectivity index (χ1n) is 6.28. The first-order valence-corrected chi connectivity index (χ1v) is 6.28. The summed E-state index contributed by atoms with van der Waals surface area (Å²) in [4.78, 5) is 26.2. The highest BCUT2D eigenvalue weighted by Crippen LogP contribution is 2.31. The van der Waals surface area contributed by atoms with Crippen LogP contribution in [0.5, 0.6) is 0 Å². The van der Waals surface area contributed by atoms with Gasteiger partial charge in [-0.15, -0.1) is 0 Å². The van der Waals surface area contributed by atoms with Gasteiger partial charge in [0.1, 0.15) is 5.82 Å². The summed E-state index contributed by atoms with van der Waals surface area (Å²) in [7, 11) is 1.77. The zero-order valence-electron chi connectivity index (χ0n) is 11.2. The minimum Gasteiger partial charge on any atom is -0.327 e. The summed E-state index contributed by atoms with van der Waals surface area (Å²) >= 11 is 0. The largest absolute Gasteiger partial charge is 0.327 e. The first kappa shape index (κ1) is 13.0. The molecule has 0 saturated heterocycles. The molecule has 0 radical (unpaired) electrons. The van der Waals surface area contributed by atoms with E-state index in [1.165, 1.54) is 6.07 Å². The van der Waals surface area contributed by atoms with Crippen molar-refractivity contribution >= 4 is 23.0 Å². The van der Waals surface area contributed by atoms with E-state index < -0.39 is 4.92 Å². The summed E-state index contributed by atoms with van der Waals surface area (Å²) in [6.45, 7) is 0. The van der Waals surface area contributed by atoms with Crippen LogP contribution in [-0.4, -0.2) is 20.8 Å². The quantitative estimate of drug-likeness (QED) is 0.420. The fourth-order valence-electron chi connectivity index (χ4n) is 2.39. The van der Waals surface area contributed by atoms with E-state index in [-0.39, 0.29) is 5.69 Å². The maximum atomic E-state index is 11.2. The zero-order valence-corrected chi connectivity index (χ0v) is 11.2. The summed E-state index contributed by atoms with van der Waals surface area (Å²) < 4.78 is 1.75. The summed E-state index contributed by atoms with van der Waals surface area (Å²) in [6.07, 6.45) is 0.735. The Balaban J connectivity index is 2.34. The zero-order chi connectivity index (χ0) is 15.0. The van der Waals surface area contributed by atoms with Crippen LogP contribution in [0, 0.1) is 10.1 Å². The van der Waals surface area contributed by atoms with E-state index in [4.69, 9.17) is 0 Å². The van der Waals surface area contributed by atoms with Gasteiger partial charge in [-0.25, -0.2) is 4.98 Å². The monoisotopic (exact) mass is 281 g/mol. The summed E-state index contributed by atoms with van der Waals surface area (Å²) in [6, 6.07) is 11.7. The number of nitrogens with zero attached hydrogens (tertiary/aromatic N) is 3. The third kappa shape index (κ3) is 1.97. The number of nitro groups is 1. The second-order valence-corrected chi connectivity index (χ2v) is 4.60. The molecule has 6 heteroatoms. The molecule has 1 aromatic heterocycles. The van der Waals surface area contributed by atoms with Gasteiger partial charge in [0.2, 0.25) is 0 Å². The van der Waals surface area contributed by atoms with Crippen LogP contribution in [0.15, 0.2) is 42.5 Å². The summed E-state index contributed by atoms with van der Waals surface area (Å²) in [5.74, 6) is 0.464. The normalized spacial score (nSPS) is 10.7. The molecule has 2 aromatic carbocycles. The molecule has 0 unspecified atom stereocenters. The molecule has 1 heterocycles. The Bertz CT molecular complexity index is 868. The number of aldehydes is 1. The lowest BCUT2D eigenvalue weighted by molar-refractivity contribution is -0.384. The van der Waals surface area contributed by atoms with Crippen molar-refractivity contribution < 1.29 is 9.72 Å². The number of aromatic nitrogens is 2. The van der Waals surface area contributed by atoms with Crippen LogP contribution in [-0.2, 0) is 7.05 Å². The smallest absolute Gasteiger partial charge is 0.280 e. The van der Waals surface area contributed by atoms with Crippen molar-refractivity contribution in [2.24, 2.45) is 7.05 Å². The first-order chi connectivity index (χ1) is 10.1. The molecule has 0 atom stereocenters. The number of nitro benzene ring substituents is 1. The van der Waals surface area contributed by atoms with Gasteiger partial charge < -0.3 is 4.57 Å². The fourth-order valence-corrected chi connectivity index (χ4v) is 2.39. The Morgan fingerprint density at radius 2 is 1.95 bits per heavy atom. The number of fused-ring (bicyclic) bond motifs is 1. The third-order valence-electron chi connectivity index (χ3n) is 3.41. The van der Waals surface area contributed by atoms with E-state index in [2.05, 4.69) is 4.98 Å². The van der Waals surface area contributed by atoms with E-state index >= 15 is 0 Å². The van der Waals surface area contributed by atoms with Crippen molar-refractivity contribution in [3.8, 4) is 11.4 Å². The maximum absolute atomic E-state index is 11.2. The third-order valence-corrected chi connectivity index (χ3v) is 3.41. The SMILES string of the molecule is Cn1c(-c2ccccc2[N+](=O)[O-])nc2c(C=O)cccc21. The Morgan fingerprint density at radius 3 is 2.67 bits per heavy atom. The molecule has 0 N–H and O–H groups in total. The number of rotatable bonds is 3. The van der Waals surface area contributed by atoms with E-state index in [9.17, 15) is 14.9 Å². The number of hydrogen-bond acceptors (Lipinski definition) is 4. The van der Waals surface area contributed by atoms with Crippen LogP contribution in [0.2, 0.25) is 0 Å². The van der Waals surface area contributed by atoms with Crippen molar-refractivity contribution in [1.82, 2.24) is 9.55 Å². The van der Waals surface area contributed by atoms with E-state index in [1.807, 2.05) is 6.07 Å². The summed E-state index contributed by atoms with van der Waals surface area (Å²) in [5, 5.41) is 11.2. The lowest BCUT2D eigenvalue weighted by Crippen LogP contribution is -1.97. The molecular formula is C15H11N3O3. The van der Waals surface area contributed by atoms with Gasteiger partial charge in [-0.05, 0) is 18.2 Å². The number of hydrogen-bond donors (Lipinski definition) is 0. The molecule has 6 nitrogen and oxygen atoms in total. The molecule has 3 rings (SSSR count). The fraction of sp³-hybridized carbons (Fsp3) is 0.0667. The minimum absolute atomic E-state index is 0.0106. The molecule has 0 amide bonds. The lowest BCUT2D eigenvalue weighted by Gasteiger charge is -2.03. The number of aryl methyl sites for hydroxylation is 1. The Morgan fingerprint density at radius 1 is 1.19 bits per heavy atom. The van der Waals surface area contributed by atoms with Crippen molar-refractivity contribution in [2.45, 2.75) is 0 Å². The van der Waals surface area contributed by atoms with Gasteiger partial charge in [0.05, 0.1) is 21.5 Å². The lowest BCUT2D eigenvalue weighted by atomic mass is 10.1. The van der Waals surface area contributed by atoms with Gasteiger partial charge in [-0.3, -0.25) is 14.9 Å². The van der Waals surface area contributed by atoms with Gasteiger partial charge in [-0.1, -0.05) is 18.2 Å². The van der Waals surface area contributed by atoms with Gasteiger partial charge >= 0.3 is 0 Å². The Hall–Kier alpha value is -3.02. The van der Waals surface area contributed by atoms with E-state index in [1.54, 1.807) is 41.9 Å². The maximum Gasteiger partial charge on any atom is 0.280 e. The van der Waals surface area contributed by atoms with Gasteiger partial charge in [0, 0.05) is 18.7 Å².